The number of ether oxygens (including phenoxy) is 1. The van der Waals surface area contributed by atoms with E-state index in [0.29, 0.717) is 37.8 Å². The average molecular weight is 492 g/mol. The molecule has 1 N–H and O–H groups in total. The van der Waals surface area contributed by atoms with Gasteiger partial charge in [0.05, 0.1) is 21.4 Å². The van der Waals surface area contributed by atoms with E-state index in [-0.39, 0.29) is 12.5 Å². The number of carbonyl (C=O) groups is 1. The van der Waals surface area contributed by atoms with Gasteiger partial charge >= 0.3 is 0 Å². The molecule has 2 aliphatic heterocycles. The zero-order chi connectivity index (χ0) is 22.2. The van der Waals surface area contributed by atoms with E-state index in [4.69, 9.17) is 44.6 Å². The standard InChI is InChI=1S/C23H21Cl3N4O2/c24-14-8-9-19(18(26)12-14)30-21-15-6-5-7-17(25)22(15)32-13-16(21)20(27-30)23(31)28-29-10-3-1-2-4-11-29/h5-9,12H,1-4,10-11,13H2,(H,28,31). The van der Waals surface area contributed by atoms with Crippen LogP contribution in [0.3, 0.4) is 0 Å². The third-order valence-corrected chi connectivity index (χ3v) is 6.62. The number of rotatable bonds is 3. The van der Waals surface area contributed by atoms with Gasteiger partial charge in [0, 0.05) is 29.2 Å². The fourth-order valence-corrected chi connectivity index (χ4v) is 4.96. The number of para-hydroxylation sites is 1. The molecule has 0 spiro atoms. The number of benzene rings is 2. The van der Waals surface area contributed by atoms with Crippen LogP contribution in [0.1, 0.15) is 41.7 Å². The van der Waals surface area contributed by atoms with E-state index in [1.165, 1.54) is 12.8 Å². The highest BCUT2D eigenvalue weighted by Gasteiger charge is 2.32. The summed E-state index contributed by atoms with van der Waals surface area (Å²) in [5.41, 5.74) is 6.14. The zero-order valence-corrected chi connectivity index (χ0v) is 19.5. The number of carbonyl (C=O) groups excluding carboxylic acids is 1. The quantitative estimate of drug-likeness (QED) is 0.494. The van der Waals surface area contributed by atoms with Crippen molar-refractivity contribution in [1.82, 2.24) is 20.2 Å². The molecule has 0 saturated carbocycles. The molecule has 5 rings (SSSR count). The lowest BCUT2D eigenvalue weighted by atomic mass is 10.0. The molecule has 1 fully saturated rings. The SMILES string of the molecule is O=C(NN1CCCCCC1)c1nn(-c2ccc(Cl)cc2Cl)c2c1COc1c(Cl)cccc1-2. The van der Waals surface area contributed by atoms with Crippen LogP contribution >= 0.6 is 34.8 Å². The Morgan fingerprint density at radius 2 is 1.78 bits per heavy atom. The molecule has 32 heavy (non-hydrogen) atoms. The van der Waals surface area contributed by atoms with E-state index >= 15 is 0 Å². The van der Waals surface area contributed by atoms with E-state index in [1.807, 2.05) is 17.1 Å². The maximum Gasteiger partial charge on any atom is 0.286 e. The van der Waals surface area contributed by atoms with Crippen molar-refractivity contribution in [3.8, 4) is 22.7 Å². The number of fused-ring (bicyclic) bond motifs is 3. The molecule has 0 radical (unpaired) electrons. The van der Waals surface area contributed by atoms with Crippen LogP contribution in [0.25, 0.3) is 16.9 Å². The summed E-state index contributed by atoms with van der Waals surface area (Å²) < 4.78 is 7.63. The molecule has 0 atom stereocenters. The Bertz CT molecular complexity index is 1190. The van der Waals surface area contributed by atoms with Gasteiger partial charge in [0.1, 0.15) is 12.4 Å². The molecule has 166 valence electrons. The minimum atomic E-state index is -0.263. The van der Waals surface area contributed by atoms with Gasteiger partial charge < -0.3 is 4.74 Å². The van der Waals surface area contributed by atoms with Crippen LogP contribution in [0.15, 0.2) is 36.4 Å². The van der Waals surface area contributed by atoms with E-state index in [2.05, 4.69) is 5.43 Å². The van der Waals surface area contributed by atoms with Gasteiger partial charge in [0.2, 0.25) is 0 Å². The van der Waals surface area contributed by atoms with Crippen LogP contribution in [-0.2, 0) is 6.61 Å². The predicted molar refractivity (Wildman–Crippen MR) is 126 cm³/mol. The molecule has 1 amide bonds. The summed E-state index contributed by atoms with van der Waals surface area (Å²) >= 11 is 19.0. The van der Waals surface area contributed by atoms with E-state index in [0.717, 1.165) is 37.2 Å². The minimum Gasteiger partial charge on any atom is -0.486 e. The summed E-state index contributed by atoms with van der Waals surface area (Å²) in [6, 6.07) is 10.7. The largest absolute Gasteiger partial charge is 0.486 e. The molecule has 0 unspecified atom stereocenters. The minimum absolute atomic E-state index is 0.181. The third kappa shape index (κ3) is 3.97. The molecule has 9 heteroatoms. The monoisotopic (exact) mass is 490 g/mol. The molecule has 3 aromatic rings. The Morgan fingerprint density at radius 3 is 2.53 bits per heavy atom. The summed E-state index contributed by atoms with van der Waals surface area (Å²) in [7, 11) is 0. The highest BCUT2D eigenvalue weighted by molar-refractivity contribution is 6.35. The van der Waals surface area contributed by atoms with Crippen LogP contribution in [0.5, 0.6) is 5.75 Å². The molecule has 3 heterocycles. The fourth-order valence-electron chi connectivity index (χ4n) is 4.24. The van der Waals surface area contributed by atoms with Crippen molar-refractivity contribution >= 4 is 40.7 Å². The van der Waals surface area contributed by atoms with Gasteiger partial charge in [0.15, 0.2) is 5.69 Å². The number of amides is 1. The highest BCUT2D eigenvalue weighted by Crippen LogP contribution is 2.44. The molecule has 0 aliphatic carbocycles. The number of halogens is 3. The van der Waals surface area contributed by atoms with Gasteiger partial charge in [-0.2, -0.15) is 5.10 Å². The maximum atomic E-state index is 13.3. The van der Waals surface area contributed by atoms with Gasteiger partial charge in [-0.15, -0.1) is 0 Å². The highest BCUT2D eigenvalue weighted by atomic mass is 35.5. The summed E-state index contributed by atoms with van der Waals surface area (Å²) in [5, 5.41) is 8.12. The van der Waals surface area contributed by atoms with Gasteiger partial charge in [-0.05, 0) is 43.2 Å². The number of nitrogens with one attached hydrogen (secondary N) is 1. The predicted octanol–water partition coefficient (Wildman–Crippen LogP) is 5.91. The molecule has 6 nitrogen and oxygen atoms in total. The number of nitrogens with zero attached hydrogens (tertiary/aromatic N) is 3. The summed E-state index contributed by atoms with van der Waals surface area (Å²) in [4.78, 5) is 13.3. The molecule has 1 saturated heterocycles. The van der Waals surface area contributed by atoms with Crippen molar-refractivity contribution in [2.24, 2.45) is 0 Å². The van der Waals surface area contributed by atoms with Gasteiger partial charge in [-0.25, -0.2) is 9.69 Å². The van der Waals surface area contributed by atoms with Crippen LogP contribution in [0.2, 0.25) is 15.1 Å². The fraction of sp³-hybridized carbons (Fsp3) is 0.304. The Labute approximate surface area is 201 Å². The topological polar surface area (TPSA) is 59.4 Å². The van der Waals surface area contributed by atoms with E-state index < -0.39 is 0 Å². The van der Waals surface area contributed by atoms with Gasteiger partial charge in [-0.1, -0.05) is 53.7 Å². The lowest BCUT2D eigenvalue weighted by molar-refractivity contribution is 0.0786. The maximum absolute atomic E-state index is 13.3. The summed E-state index contributed by atoms with van der Waals surface area (Å²) in [5.74, 6) is 0.299. The first kappa shape index (κ1) is 21.6. The Kier molecular flexibility index (Phi) is 6.03. The summed E-state index contributed by atoms with van der Waals surface area (Å²) in [6.07, 6.45) is 4.47. The van der Waals surface area contributed by atoms with Gasteiger partial charge in [-0.3, -0.25) is 10.2 Å². The lowest BCUT2D eigenvalue weighted by Crippen LogP contribution is -2.43. The molecular weight excluding hydrogens is 471 g/mol. The second kappa shape index (κ2) is 8.94. The molecule has 2 aliphatic rings. The van der Waals surface area contributed by atoms with Crippen molar-refractivity contribution < 1.29 is 9.53 Å². The first-order valence-electron chi connectivity index (χ1n) is 10.6. The molecule has 2 aromatic carbocycles. The van der Waals surface area contributed by atoms with Crippen molar-refractivity contribution in [3.05, 3.63) is 62.7 Å². The molecule has 1 aromatic heterocycles. The molecular formula is C23H21Cl3N4O2. The third-order valence-electron chi connectivity index (χ3n) is 5.79. The Morgan fingerprint density at radius 1 is 1.00 bits per heavy atom. The van der Waals surface area contributed by atoms with Gasteiger partial charge in [0.25, 0.3) is 5.91 Å². The zero-order valence-electron chi connectivity index (χ0n) is 17.2. The first-order valence-corrected chi connectivity index (χ1v) is 11.7. The van der Waals surface area contributed by atoms with Crippen molar-refractivity contribution in [2.75, 3.05) is 13.1 Å². The first-order chi connectivity index (χ1) is 15.5. The normalized spacial score (nSPS) is 16.0. The van der Waals surface area contributed by atoms with E-state index in [1.54, 1.807) is 28.9 Å². The van der Waals surface area contributed by atoms with Crippen LogP contribution in [0, 0.1) is 0 Å². The Balaban J connectivity index is 1.63. The van der Waals surface area contributed by atoms with Crippen molar-refractivity contribution in [3.63, 3.8) is 0 Å². The van der Waals surface area contributed by atoms with Crippen molar-refractivity contribution in [1.29, 1.82) is 0 Å². The number of hydrogen-bond donors (Lipinski definition) is 1. The average Bonchev–Trinajstić information content (AvgIpc) is 2.97. The van der Waals surface area contributed by atoms with E-state index in [9.17, 15) is 4.79 Å². The number of aromatic nitrogens is 2. The van der Waals surface area contributed by atoms with Crippen molar-refractivity contribution in [2.45, 2.75) is 32.3 Å². The lowest BCUT2D eigenvalue weighted by Gasteiger charge is -2.22. The number of hydrazine groups is 1. The second-order valence-corrected chi connectivity index (χ2v) is 9.18. The smallest absolute Gasteiger partial charge is 0.286 e. The second-order valence-electron chi connectivity index (χ2n) is 7.93. The van der Waals surface area contributed by atoms with Crippen LogP contribution in [-0.4, -0.2) is 33.8 Å². The number of hydrogen-bond acceptors (Lipinski definition) is 4. The Hall–Kier alpha value is -2.25. The molecule has 0 bridgehead atoms. The van der Waals surface area contributed by atoms with Crippen LogP contribution in [0.4, 0.5) is 0 Å². The summed E-state index contributed by atoms with van der Waals surface area (Å²) in [6.45, 7) is 1.83. The van der Waals surface area contributed by atoms with Crippen LogP contribution < -0.4 is 10.2 Å².